The summed E-state index contributed by atoms with van der Waals surface area (Å²) in [6.07, 6.45) is 0.518. The predicted molar refractivity (Wildman–Crippen MR) is 84.8 cm³/mol. The third kappa shape index (κ3) is 4.84. The maximum absolute atomic E-state index is 11.9. The second kappa shape index (κ2) is 6.92. The van der Waals surface area contributed by atoms with Crippen molar-refractivity contribution in [1.82, 2.24) is 0 Å². The van der Waals surface area contributed by atoms with Gasteiger partial charge in [0.1, 0.15) is 5.78 Å². The van der Waals surface area contributed by atoms with Crippen LogP contribution in [0.4, 0.5) is 0 Å². The summed E-state index contributed by atoms with van der Waals surface area (Å²) in [6.45, 7) is 2.05. The van der Waals surface area contributed by atoms with Crippen molar-refractivity contribution >= 4 is 33.5 Å². The Morgan fingerprint density at radius 2 is 1.68 bits per heavy atom. The molecule has 0 heterocycles. The Labute approximate surface area is 126 Å². The van der Waals surface area contributed by atoms with Gasteiger partial charge in [0.2, 0.25) is 0 Å². The first kappa shape index (κ1) is 14.4. The van der Waals surface area contributed by atoms with E-state index in [2.05, 4.69) is 22.9 Å². The Bertz CT molecular complexity index is 546. The molecule has 1 nitrogen and oxygen atoms in total. The standard InChI is InChI=1S/C16H15BrOS/c1-12-2-4-13(5-3-12)10-15(18)11-19-16-8-6-14(17)7-9-16/h2-9H,10-11H2,1H3. The van der Waals surface area contributed by atoms with Gasteiger partial charge in [0.25, 0.3) is 0 Å². The average molecular weight is 335 g/mol. The molecule has 98 valence electrons. The maximum atomic E-state index is 11.9. The van der Waals surface area contributed by atoms with Gasteiger partial charge in [0.05, 0.1) is 5.75 Å². The van der Waals surface area contributed by atoms with Crippen molar-refractivity contribution in [3.05, 3.63) is 64.1 Å². The van der Waals surface area contributed by atoms with E-state index in [0.717, 1.165) is 14.9 Å². The predicted octanol–water partition coefficient (Wildman–Crippen LogP) is 4.66. The number of hydrogen-bond donors (Lipinski definition) is 0. The second-order valence-corrected chi connectivity index (χ2v) is 6.41. The zero-order chi connectivity index (χ0) is 13.7. The molecule has 0 aliphatic carbocycles. The highest BCUT2D eigenvalue weighted by molar-refractivity contribution is 9.10. The lowest BCUT2D eigenvalue weighted by Crippen LogP contribution is -2.05. The van der Waals surface area contributed by atoms with Crippen LogP contribution < -0.4 is 0 Å². The highest BCUT2D eigenvalue weighted by Crippen LogP contribution is 2.21. The van der Waals surface area contributed by atoms with Crippen molar-refractivity contribution in [3.8, 4) is 0 Å². The van der Waals surface area contributed by atoms with Crippen molar-refractivity contribution in [2.24, 2.45) is 0 Å². The van der Waals surface area contributed by atoms with Crippen molar-refractivity contribution in [3.63, 3.8) is 0 Å². The van der Waals surface area contributed by atoms with E-state index >= 15 is 0 Å². The van der Waals surface area contributed by atoms with Crippen LogP contribution in [0.15, 0.2) is 57.9 Å². The molecule has 0 unspecified atom stereocenters. The van der Waals surface area contributed by atoms with E-state index in [1.54, 1.807) is 11.8 Å². The summed E-state index contributed by atoms with van der Waals surface area (Å²) in [5, 5.41) is 0. The zero-order valence-electron chi connectivity index (χ0n) is 10.7. The lowest BCUT2D eigenvalue weighted by molar-refractivity contribution is -0.116. The van der Waals surface area contributed by atoms with Crippen LogP contribution in [0.2, 0.25) is 0 Å². The number of hydrogen-bond acceptors (Lipinski definition) is 2. The van der Waals surface area contributed by atoms with Gasteiger partial charge in [-0.1, -0.05) is 45.8 Å². The van der Waals surface area contributed by atoms with E-state index in [1.807, 2.05) is 48.5 Å². The number of thioether (sulfide) groups is 1. The fourth-order valence-corrected chi connectivity index (χ4v) is 2.70. The third-order valence-electron chi connectivity index (χ3n) is 2.74. The minimum Gasteiger partial charge on any atom is -0.298 e. The first-order valence-corrected chi connectivity index (χ1v) is 7.87. The smallest absolute Gasteiger partial charge is 0.147 e. The van der Waals surface area contributed by atoms with Crippen LogP contribution in [0.5, 0.6) is 0 Å². The van der Waals surface area contributed by atoms with E-state index in [9.17, 15) is 4.79 Å². The molecule has 2 aromatic carbocycles. The monoisotopic (exact) mass is 334 g/mol. The Hall–Kier alpha value is -1.06. The largest absolute Gasteiger partial charge is 0.298 e. The van der Waals surface area contributed by atoms with Gasteiger partial charge in [-0.25, -0.2) is 0 Å². The minimum absolute atomic E-state index is 0.261. The van der Waals surface area contributed by atoms with Crippen LogP contribution in [-0.2, 0) is 11.2 Å². The van der Waals surface area contributed by atoms with Gasteiger partial charge < -0.3 is 0 Å². The van der Waals surface area contributed by atoms with Crippen LogP contribution in [0.1, 0.15) is 11.1 Å². The molecule has 0 fully saturated rings. The van der Waals surface area contributed by atoms with Crippen LogP contribution in [0, 0.1) is 6.92 Å². The molecule has 0 aliphatic rings. The summed E-state index contributed by atoms with van der Waals surface area (Å²) < 4.78 is 1.06. The van der Waals surface area contributed by atoms with Gasteiger partial charge in [-0.2, -0.15) is 0 Å². The molecule has 0 bridgehead atoms. The summed E-state index contributed by atoms with van der Waals surface area (Å²) >= 11 is 4.99. The lowest BCUT2D eigenvalue weighted by atomic mass is 10.1. The van der Waals surface area contributed by atoms with Gasteiger partial charge in [-0.15, -0.1) is 11.8 Å². The summed E-state index contributed by atoms with van der Waals surface area (Å²) in [5.41, 5.74) is 2.31. The first-order chi connectivity index (χ1) is 9.13. The Morgan fingerprint density at radius 1 is 1.05 bits per heavy atom. The van der Waals surface area contributed by atoms with E-state index < -0.39 is 0 Å². The van der Waals surface area contributed by atoms with Gasteiger partial charge in [0, 0.05) is 15.8 Å². The average Bonchev–Trinajstić information content (AvgIpc) is 2.41. The van der Waals surface area contributed by atoms with Gasteiger partial charge in [-0.3, -0.25) is 4.79 Å². The summed E-state index contributed by atoms with van der Waals surface area (Å²) in [7, 11) is 0. The Kier molecular flexibility index (Phi) is 5.23. The summed E-state index contributed by atoms with van der Waals surface area (Å²) in [4.78, 5) is 13.0. The Balaban J connectivity index is 1.84. The SMILES string of the molecule is Cc1ccc(CC(=O)CSc2ccc(Br)cc2)cc1. The van der Waals surface area contributed by atoms with E-state index in [-0.39, 0.29) is 5.78 Å². The highest BCUT2D eigenvalue weighted by Gasteiger charge is 2.05. The number of carbonyl (C=O) groups excluding carboxylic acids is 1. The molecule has 0 saturated heterocycles. The summed E-state index contributed by atoms with van der Waals surface area (Å²) in [6, 6.07) is 16.2. The number of Topliss-reactive ketones (excluding diaryl/α,β-unsaturated/α-hetero) is 1. The molecule has 0 N–H and O–H groups in total. The quantitative estimate of drug-likeness (QED) is 0.739. The number of carbonyl (C=O) groups is 1. The molecule has 0 saturated carbocycles. The number of halogens is 1. The zero-order valence-corrected chi connectivity index (χ0v) is 13.1. The minimum atomic E-state index is 0.261. The molecule has 0 amide bonds. The van der Waals surface area contributed by atoms with E-state index in [0.29, 0.717) is 12.2 Å². The van der Waals surface area contributed by atoms with Crippen LogP contribution >= 0.6 is 27.7 Å². The number of aryl methyl sites for hydroxylation is 1. The fraction of sp³-hybridized carbons (Fsp3) is 0.188. The number of ketones is 1. The van der Waals surface area contributed by atoms with Crippen LogP contribution in [0.25, 0.3) is 0 Å². The van der Waals surface area contributed by atoms with Crippen molar-refractivity contribution in [1.29, 1.82) is 0 Å². The van der Waals surface area contributed by atoms with Crippen molar-refractivity contribution in [2.45, 2.75) is 18.2 Å². The summed E-state index contributed by atoms with van der Waals surface area (Å²) in [5.74, 6) is 0.784. The molecule has 19 heavy (non-hydrogen) atoms. The molecule has 3 heteroatoms. The molecule has 2 aromatic rings. The second-order valence-electron chi connectivity index (χ2n) is 4.44. The molecule has 2 rings (SSSR count). The van der Waals surface area contributed by atoms with Crippen molar-refractivity contribution < 1.29 is 4.79 Å². The van der Waals surface area contributed by atoms with E-state index in [1.165, 1.54) is 5.56 Å². The van der Waals surface area contributed by atoms with Gasteiger partial charge in [-0.05, 0) is 36.8 Å². The maximum Gasteiger partial charge on any atom is 0.147 e. The van der Waals surface area contributed by atoms with Gasteiger partial charge in [0.15, 0.2) is 0 Å². The fourth-order valence-electron chi connectivity index (χ4n) is 1.68. The Morgan fingerprint density at radius 3 is 2.32 bits per heavy atom. The van der Waals surface area contributed by atoms with E-state index in [4.69, 9.17) is 0 Å². The van der Waals surface area contributed by atoms with Gasteiger partial charge >= 0.3 is 0 Å². The molecule has 0 spiro atoms. The molecular formula is C16H15BrOS. The topological polar surface area (TPSA) is 17.1 Å². The lowest BCUT2D eigenvalue weighted by Gasteiger charge is -2.03. The van der Waals surface area contributed by atoms with Crippen LogP contribution in [0.3, 0.4) is 0 Å². The molecule has 0 aromatic heterocycles. The van der Waals surface area contributed by atoms with Crippen LogP contribution in [-0.4, -0.2) is 11.5 Å². The number of rotatable bonds is 5. The highest BCUT2D eigenvalue weighted by atomic mass is 79.9. The molecule has 0 atom stereocenters. The molecule has 0 radical (unpaired) electrons. The molecule has 0 aliphatic heterocycles. The number of benzene rings is 2. The van der Waals surface area contributed by atoms with Crippen molar-refractivity contribution in [2.75, 3.05) is 5.75 Å². The normalized spacial score (nSPS) is 10.4. The first-order valence-electron chi connectivity index (χ1n) is 6.09. The molecular weight excluding hydrogens is 320 g/mol. The third-order valence-corrected chi connectivity index (χ3v) is 4.34.